The maximum Gasteiger partial charge on any atom is 0.136 e. The van der Waals surface area contributed by atoms with E-state index in [9.17, 15) is 0 Å². The quantitative estimate of drug-likeness (QED) is 0.533. The van der Waals surface area contributed by atoms with E-state index in [1.807, 2.05) is 54.7 Å². The van der Waals surface area contributed by atoms with Crippen molar-refractivity contribution >= 4 is 10.9 Å². The lowest BCUT2D eigenvalue weighted by atomic mass is 10.0. The monoisotopic (exact) mass is 284 g/mol. The molecule has 1 heterocycles. The summed E-state index contributed by atoms with van der Waals surface area (Å²) in [6, 6.07) is 27.3. The number of rotatable bonds is 3. The number of hydrogen-bond acceptors (Lipinski definition) is 1. The molecule has 1 N–H and O–H groups in total. The van der Waals surface area contributed by atoms with Gasteiger partial charge in [0, 0.05) is 17.8 Å². The van der Waals surface area contributed by atoms with Crippen molar-refractivity contribution in [2.24, 2.45) is 0 Å². The first kappa shape index (κ1) is 12.7. The van der Waals surface area contributed by atoms with Gasteiger partial charge in [0.2, 0.25) is 0 Å². The summed E-state index contributed by atoms with van der Waals surface area (Å²) in [7, 11) is 0. The van der Waals surface area contributed by atoms with Crippen molar-refractivity contribution in [3.63, 3.8) is 0 Å². The summed E-state index contributed by atoms with van der Waals surface area (Å²) in [5, 5.41) is 1.21. The topological polar surface area (TPSA) is 25.0 Å². The van der Waals surface area contributed by atoms with E-state index in [-0.39, 0.29) is 0 Å². The molecule has 0 atom stereocenters. The van der Waals surface area contributed by atoms with Crippen molar-refractivity contribution in [1.29, 1.82) is 0 Å². The molecule has 0 saturated carbocycles. The van der Waals surface area contributed by atoms with Crippen LogP contribution in [0.15, 0.2) is 79.0 Å². The summed E-state index contributed by atoms with van der Waals surface area (Å²) in [6.07, 6.45) is 1.96. The number of aromatic nitrogens is 1. The van der Waals surface area contributed by atoms with Crippen LogP contribution >= 0.6 is 0 Å². The predicted octanol–water partition coefficient (Wildman–Crippen LogP) is 5.43. The maximum atomic E-state index is 5.85. The highest BCUT2D eigenvalue weighted by molar-refractivity contribution is 5.84. The number of nitrogens with one attached hydrogen (secondary N) is 1. The summed E-state index contributed by atoms with van der Waals surface area (Å²) in [6.45, 7) is 0. The molecule has 0 fully saturated rings. The highest BCUT2D eigenvalue weighted by Crippen LogP contribution is 2.28. The molecule has 0 aliphatic heterocycles. The van der Waals surface area contributed by atoms with Crippen LogP contribution in [0, 0.1) is 6.07 Å². The fraction of sp³-hybridized carbons (Fsp3) is 0. The second-order valence-corrected chi connectivity index (χ2v) is 5.14. The van der Waals surface area contributed by atoms with Crippen molar-refractivity contribution in [3.8, 4) is 22.6 Å². The molecule has 105 valence electrons. The van der Waals surface area contributed by atoms with E-state index in [1.165, 1.54) is 5.39 Å². The molecular formula is C20H14NO. The number of benzene rings is 3. The third kappa shape index (κ3) is 2.47. The van der Waals surface area contributed by atoms with Gasteiger partial charge in [0.25, 0.3) is 0 Å². The van der Waals surface area contributed by atoms with Gasteiger partial charge < -0.3 is 9.72 Å². The molecule has 4 rings (SSSR count). The smallest absolute Gasteiger partial charge is 0.136 e. The Hall–Kier alpha value is -3.00. The van der Waals surface area contributed by atoms with Crippen LogP contribution in [0.4, 0.5) is 0 Å². The molecule has 22 heavy (non-hydrogen) atoms. The van der Waals surface area contributed by atoms with Gasteiger partial charge in [0.15, 0.2) is 0 Å². The lowest BCUT2D eigenvalue weighted by Crippen LogP contribution is -1.85. The van der Waals surface area contributed by atoms with Crippen LogP contribution in [-0.4, -0.2) is 4.98 Å². The van der Waals surface area contributed by atoms with E-state index < -0.39 is 0 Å². The molecule has 0 bridgehead atoms. The molecule has 0 saturated heterocycles. The van der Waals surface area contributed by atoms with Crippen LogP contribution in [0.25, 0.3) is 22.0 Å². The molecule has 3 aromatic carbocycles. The Morgan fingerprint density at radius 1 is 0.818 bits per heavy atom. The molecule has 0 spiro atoms. The molecule has 2 heteroatoms. The standard InChI is InChI=1S/C20H14NO/c1-2-6-18(7-3-1)22-19-8-4-5-16(13-19)17-10-9-15-11-12-21-20(15)14-17/h1-7,9-14,21H. The maximum absolute atomic E-state index is 5.85. The Morgan fingerprint density at radius 3 is 2.59 bits per heavy atom. The van der Waals surface area contributed by atoms with Gasteiger partial charge in [-0.2, -0.15) is 0 Å². The number of hydrogen-bond donors (Lipinski definition) is 1. The number of ether oxygens (including phenoxy) is 1. The van der Waals surface area contributed by atoms with E-state index in [1.54, 1.807) is 0 Å². The average Bonchev–Trinajstić information content (AvgIpc) is 3.04. The second kappa shape index (κ2) is 5.41. The number of aromatic amines is 1. The average molecular weight is 284 g/mol. The summed E-state index contributed by atoms with van der Waals surface area (Å²) in [4.78, 5) is 3.25. The normalized spacial score (nSPS) is 10.7. The summed E-state index contributed by atoms with van der Waals surface area (Å²) in [5.74, 6) is 1.53. The lowest BCUT2D eigenvalue weighted by Gasteiger charge is -2.07. The van der Waals surface area contributed by atoms with Crippen molar-refractivity contribution in [3.05, 3.63) is 85.1 Å². The molecule has 2 nitrogen and oxygen atoms in total. The highest BCUT2D eigenvalue weighted by atomic mass is 16.5. The van der Waals surface area contributed by atoms with Crippen molar-refractivity contribution in [2.75, 3.05) is 0 Å². The van der Waals surface area contributed by atoms with Gasteiger partial charge in [-0.25, -0.2) is 0 Å². The fourth-order valence-corrected chi connectivity index (χ4v) is 2.53. The molecule has 4 aromatic rings. The van der Waals surface area contributed by atoms with Gasteiger partial charge in [-0.15, -0.1) is 0 Å². The van der Waals surface area contributed by atoms with Crippen LogP contribution in [0.3, 0.4) is 0 Å². The minimum atomic E-state index is 0.718. The Labute approximate surface area is 129 Å². The molecule has 1 aromatic heterocycles. The van der Waals surface area contributed by atoms with Crippen molar-refractivity contribution < 1.29 is 4.74 Å². The van der Waals surface area contributed by atoms with Crippen molar-refractivity contribution in [2.45, 2.75) is 0 Å². The molecule has 0 amide bonds. The zero-order valence-electron chi connectivity index (χ0n) is 11.9. The predicted molar refractivity (Wildman–Crippen MR) is 89.1 cm³/mol. The van der Waals surface area contributed by atoms with E-state index in [0.29, 0.717) is 0 Å². The second-order valence-electron chi connectivity index (χ2n) is 5.14. The van der Waals surface area contributed by atoms with Gasteiger partial charge >= 0.3 is 0 Å². The Morgan fingerprint density at radius 2 is 1.68 bits per heavy atom. The zero-order chi connectivity index (χ0) is 14.8. The first-order chi connectivity index (χ1) is 10.9. The minimum Gasteiger partial charge on any atom is -0.457 e. The van der Waals surface area contributed by atoms with E-state index in [0.717, 1.165) is 28.1 Å². The minimum absolute atomic E-state index is 0.718. The number of H-pyrrole nitrogens is 1. The molecule has 1 radical (unpaired) electrons. The van der Waals surface area contributed by atoms with E-state index >= 15 is 0 Å². The van der Waals surface area contributed by atoms with Gasteiger partial charge in [-0.1, -0.05) is 36.4 Å². The molecule has 0 aliphatic rings. The zero-order valence-corrected chi connectivity index (χ0v) is 11.9. The SMILES string of the molecule is [c]1ccc(-c2ccc3cc[nH]c3c2)cc1Oc1ccccc1. The Bertz CT molecular complexity index is 909. The van der Waals surface area contributed by atoms with E-state index in [4.69, 9.17) is 4.74 Å². The molecule has 0 unspecified atom stereocenters. The fourth-order valence-electron chi connectivity index (χ4n) is 2.53. The van der Waals surface area contributed by atoms with Crippen LogP contribution in [-0.2, 0) is 0 Å². The third-order valence-electron chi connectivity index (χ3n) is 3.63. The third-order valence-corrected chi connectivity index (χ3v) is 3.63. The summed E-state index contributed by atoms with van der Waals surface area (Å²) >= 11 is 0. The highest BCUT2D eigenvalue weighted by Gasteiger charge is 2.03. The van der Waals surface area contributed by atoms with Crippen molar-refractivity contribution in [1.82, 2.24) is 4.98 Å². The molecular weight excluding hydrogens is 270 g/mol. The Balaban J connectivity index is 1.69. The Kier molecular flexibility index (Phi) is 3.13. The van der Waals surface area contributed by atoms with Crippen LogP contribution in [0.5, 0.6) is 11.5 Å². The first-order valence-electron chi connectivity index (χ1n) is 7.21. The van der Waals surface area contributed by atoms with Gasteiger partial charge in [0.1, 0.15) is 11.5 Å². The lowest BCUT2D eigenvalue weighted by molar-refractivity contribution is 0.482. The van der Waals surface area contributed by atoms with Crippen LogP contribution in [0.2, 0.25) is 0 Å². The number of fused-ring (bicyclic) bond motifs is 1. The van der Waals surface area contributed by atoms with E-state index in [2.05, 4.69) is 35.3 Å². The largest absolute Gasteiger partial charge is 0.457 e. The van der Waals surface area contributed by atoms with Crippen LogP contribution in [0.1, 0.15) is 0 Å². The van der Waals surface area contributed by atoms with Crippen LogP contribution < -0.4 is 4.74 Å². The first-order valence-corrected chi connectivity index (χ1v) is 7.21. The summed E-state index contributed by atoms with van der Waals surface area (Å²) in [5.41, 5.74) is 3.40. The van der Waals surface area contributed by atoms with Gasteiger partial charge in [-0.05, 0) is 52.9 Å². The molecule has 0 aliphatic carbocycles. The van der Waals surface area contributed by atoms with Gasteiger partial charge in [-0.3, -0.25) is 0 Å². The summed E-state index contributed by atoms with van der Waals surface area (Å²) < 4.78 is 5.85. The van der Waals surface area contributed by atoms with Gasteiger partial charge in [0.05, 0.1) is 0 Å². The number of para-hydroxylation sites is 1.